The molecule has 0 fully saturated rings. The van der Waals surface area contributed by atoms with Gasteiger partial charge in [0.15, 0.2) is 0 Å². The maximum atomic E-state index is 13.6. The van der Waals surface area contributed by atoms with Crippen LogP contribution in [0.25, 0.3) is 0 Å². The maximum Gasteiger partial charge on any atom is 0.416 e. The van der Waals surface area contributed by atoms with Gasteiger partial charge < -0.3 is 9.64 Å². The van der Waals surface area contributed by atoms with Gasteiger partial charge in [0.2, 0.25) is 6.41 Å². The quantitative estimate of drug-likeness (QED) is 0.256. The van der Waals surface area contributed by atoms with Gasteiger partial charge in [-0.3, -0.25) is 9.69 Å². The maximum absolute atomic E-state index is 13.6. The van der Waals surface area contributed by atoms with Gasteiger partial charge in [0.25, 0.3) is 0 Å². The Morgan fingerprint density at radius 2 is 1.50 bits per heavy atom. The number of alkyl halides is 9. The highest BCUT2D eigenvalue weighted by Gasteiger charge is 2.42. The Balaban J connectivity index is 2.15. The van der Waals surface area contributed by atoms with E-state index in [1.807, 2.05) is 0 Å². The van der Waals surface area contributed by atoms with Gasteiger partial charge >= 0.3 is 24.6 Å². The number of rotatable bonds is 6. The number of benzene rings is 2. The summed E-state index contributed by atoms with van der Waals surface area (Å²) in [5, 5.41) is 0. The summed E-state index contributed by atoms with van der Waals surface area (Å²) >= 11 is 0. The van der Waals surface area contributed by atoms with Crippen molar-refractivity contribution in [1.29, 1.82) is 0 Å². The summed E-state index contributed by atoms with van der Waals surface area (Å²) in [5.41, 5.74) is -5.02. The summed E-state index contributed by atoms with van der Waals surface area (Å²) in [6, 6.07) is 1.38. The van der Waals surface area contributed by atoms with Crippen molar-refractivity contribution in [1.82, 2.24) is 4.90 Å². The van der Waals surface area contributed by atoms with Crippen molar-refractivity contribution < 1.29 is 53.8 Å². The molecule has 0 aliphatic carbocycles. The second-order valence-electron chi connectivity index (χ2n) is 9.58. The van der Waals surface area contributed by atoms with E-state index in [9.17, 15) is 49.1 Å². The monoisotopic (exact) mass is 584 g/mol. The van der Waals surface area contributed by atoms with Gasteiger partial charge in [-0.2, -0.15) is 39.5 Å². The highest BCUT2D eigenvalue weighted by molar-refractivity contribution is 5.90. The summed E-state index contributed by atoms with van der Waals surface area (Å²) in [6.45, 7) is 4.03. The predicted octanol–water partition coefficient (Wildman–Crippen LogP) is 7.98. The first kappa shape index (κ1) is 31.1. The molecule has 40 heavy (non-hydrogen) atoms. The molecule has 0 aromatic heterocycles. The molecule has 1 aliphatic heterocycles. The fourth-order valence-electron chi connectivity index (χ4n) is 4.62. The van der Waals surface area contributed by atoms with E-state index in [1.54, 1.807) is 20.8 Å². The number of fused-ring (bicyclic) bond motifs is 1. The van der Waals surface area contributed by atoms with Gasteiger partial charge in [-0.25, -0.2) is 4.79 Å². The summed E-state index contributed by atoms with van der Waals surface area (Å²) in [4.78, 5) is 27.1. The van der Waals surface area contributed by atoms with Gasteiger partial charge in [0, 0.05) is 12.6 Å². The molecule has 2 amide bonds. The molecule has 0 spiro atoms. The Bertz CT molecular complexity index is 1210. The first-order valence-corrected chi connectivity index (χ1v) is 12.1. The average Bonchev–Trinajstić information content (AvgIpc) is 2.83. The minimum atomic E-state index is -5.13. The topological polar surface area (TPSA) is 49.9 Å². The Labute approximate surface area is 223 Å². The largest absolute Gasteiger partial charge is 0.446 e. The van der Waals surface area contributed by atoms with Gasteiger partial charge in [-0.15, -0.1) is 0 Å². The lowest BCUT2D eigenvalue weighted by atomic mass is 9.87. The van der Waals surface area contributed by atoms with Gasteiger partial charge in [0.05, 0.1) is 34.5 Å². The van der Waals surface area contributed by atoms with Crippen LogP contribution in [0.4, 0.5) is 50.0 Å². The van der Waals surface area contributed by atoms with Gasteiger partial charge in [-0.1, -0.05) is 6.92 Å². The van der Waals surface area contributed by atoms with Gasteiger partial charge in [-0.05, 0) is 74.2 Å². The Hall–Kier alpha value is -3.45. The Kier molecular flexibility index (Phi) is 8.70. The van der Waals surface area contributed by atoms with E-state index >= 15 is 0 Å². The lowest BCUT2D eigenvalue weighted by molar-refractivity contribution is -0.143. The van der Waals surface area contributed by atoms with E-state index in [0.29, 0.717) is 18.2 Å². The minimum Gasteiger partial charge on any atom is -0.446 e. The zero-order valence-electron chi connectivity index (χ0n) is 21.4. The highest BCUT2D eigenvalue weighted by Crippen LogP contribution is 2.45. The van der Waals surface area contributed by atoms with Crippen LogP contribution in [0.15, 0.2) is 36.4 Å². The molecule has 0 saturated heterocycles. The Morgan fingerprint density at radius 1 is 0.950 bits per heavy atom. The summed E-state index contributed by atoms with van der Waals surface area (Å²) < 4.78 is 126. The molecule has 220 valence electrons. The van der Waals surface area contributed by atoms with E-state index in [2.05, 4.69) is 0 Å². The molecule has 0 bridgehead atoms. The standard InChI is InChI=1S/C26H25F9N2O3/c1-4-19-11-22(20-10-16(24(27,28)29)5-6-21(20)37(19)23(39)40-14(2)3)36(13-38)12-15-7-17(25(30,31)32)9-18(8-15)26(33,34)35/h5-10,13-14,19,22H,4,11-12H2,1-3H3/t19-,22+/m1/s1. The van der Waals surface area contributed by atoms with Crippen molar-refractivity contribution >= 4 is 18.2 Å². The molecule has 14 heteroatoms. The normalized spacial score (nSPS) is 18.0. The molecule has 0 N–H and O–H groups in total. The number of halogens is 9. The lowest BCUT2D eigenvalue weighted by Gasteiger charge is -2.43. The molecule has 3 rings (SSSR count). The number of anilines is 1. The third-order valence-electron chi connectivity index (χ3n) is 6.39. The van der Waals surface area contributed by atoms with Crippen LogP contribution in [0.3, 0.4) is 0 Å². The van der Waals surface area contributed by atoms with Crippen LogP contribution in [0.1, 0.15) is 67.5 Å². The smallest absolute Gasteiger partial charge is 0.416 e. The van der Waals surface area contributed by atoms with Crippen molar-refractivity contribution in [2.24, 2.45) is 0 Å². The SMILES string of the molecule is CC[C@@H]1C[C@H](N(C=O)Cc2cc(C(F)(F)F)cc(C(F)(F)F)c2)c2cc(C(F)(F)F)ccc2N1C(=O)OC(C)C. The molecule has 1 aliphatic rings. The molecule has 5 nitrogen and oxygen atoms in total. The first-order valence-electron chi connectivity index (χ1n) is 12.1. The fraction of sp³-hybridized carbons (Fsp3) is 0.462. The molecule has 0 unspecified atom stereocenters. The van der Waals surface area contributed by atoms with E-state index < -0.39 is 71.6 Å². The summed E-state index contributed by atoms with van der Waals surface area (Å²) in [6.07, 6.45) is -16.3. The van der Waals surface area contributed by atoms with Crippen LogP contribution in [-0.4, -0.2) is 29.5 Å². The average molecular weight is 584 g/mol. The summed E-state index contributed by atoms with van der Waals surface area (Å²) in [7, 11) is 0. The molecule has 2 aromatic carbocycles. The van der Waals surface area contributed by atoms with E-state index in [-0.39, 0.29) is 36.6 Å². The third kappa shape index (κ3) is 6.81. The second-order valence-corrected chi connectivity index (χ2v) is 9.58. The molecular formula is C26H25F9N2O3. The van der Waals surface area contributed by atoms with E-state index in [4.69, 9.17) is 4.74 Å². The molecule has 2 aromatic rings. The van der Waals surface area contributed by atoms with Crippen LogP contribution in [0.2, 0.25) is 0 Å². The lowest BCUT2D eigenvalue weighted by Crippen LogP contribution is -2.48. The zero-order valence-corrected chi connectivity index (χ0v) is 21.4. The van der Waals surface area contributed by atoms with Crippen LogP contribution in [-0.2, 0) is 34.6 Å². The number of hydrogen-bond donors (Lipinski definition) is 0. The number of hydrogen-bond acceptors (Lipinski definition) is 3. The van der Waals surface area contributed by atoms with Gasteiger partial charge in [0.1, 0.15) is 0 Å². The molecule has 0 saturated carbocycles. The number of carbonyl (C=O) groups excluding carboxylic acids is 2. The molecular weight excluding hydrogens is 559 g/mol. The van der Waals surface area contributed by atoms with Crippen molar-refractivity contribution in [2.45, 2.75) is 76.9 Å². The van der Waals surface area contributed by atoms with E-state index in [1.165, 1.54) is 0 Å². The Morgan fingerprint density at radius 3 is 1.95 bits per heavy atom. The second kappa shape index (κ2) is 11.2. The van der Waals surface area contributed by atoms with Crippen molar-refractivity contribution in [3.05, 3.63) is 64.2 Å². The molecule has 0 radical (unpaired) electrons. The predicted molar refractivity (Wildman–Crippen MR) is 125 cm³/mol. The van der Waals surface area contributed by atoms with E-state index in [0.717, 1.165) is 21.9 Å². The van der Waals surface area contributed by atoms with Crippen molar-refractivity contribution in [3.8, 4) is 0 Å². The fourth-order valence-corrected chi connectivity index (χ4v) is 4.62. The summed E-state index contributed by atoms with van der Waals surface area (Å²) in [5.74, 6) is 0. The number of nitrogens with zero attached hydrogens (tertiary/aromatic N) is 2. The molecule has 2 atom stereocenters. The van der Waals surface area contributed by atoms with Crippen molar-refractivity contribution in [3.63, 3.8) is 0 Å². The number of amides is 2. The minimum absolute atomic E-state index is 0.0198. The van der Waals surface area contributed by atoms with Crippen molar-refractivity contribution in [2.75, 3.05) is 4.90 Å². The molecule has 1 heterocycles. The van der Waals surface area contributed by atoms with Crippen LogP contribution in [0, 0.1) is 0 Å². The van der Waals surface area contributed by atoms with Crippen LogP contribution < -0.4 is 4.90 Å². The zero-order chi connectivity index (χ0) is 30.2. The number of carbonyl (C=O) groups is 2. The first-order chi connectivity index (χ1) is 18.4. The van der Waals surface area contributed by atoms with Crippen LogP contribution >= 0.6 is 0 Å². The number of ether oxygens (including phenoxy) is 1. The highest BCUT2D eigenvalue weighted by atomic mass is 19.4. The third-order valence-corrected chi connectivity index (χ3v) is 6.39. The van der Waals surface area contributed by atoms with Crippen LogP contribution in [0.5, 0.6) is 0 Å².